The van der Waals surface area contributed by atoms with Crippen LogP contribution in [-0.2, 0) is 28.1 Å². The minimum atomic E-state index is -7.53. The summed E-state index contributed by atoms with van der Waals surface area (Å²) in [7, 11) is -17.9. The normalized spacial score (nSPS) is 14.3. The van der Waals surface area contributed by atoms with Gasteiger partial charge in [-0.25, -0.2) is 8.42 Å². The number of benzene rings is 2. The van der Waals surface area contributed by atoms with E-state index in [1.165, 1.54) is 12.1 Å². The zero-order valence-corrected chi connectivity index (χ0v) is 20.0. The van der Waals surface area contributed by atoms with Crippen molar-refractivity contribution in [3.8, 4) is 11.5 Å². The highest BCUT2D eigenvalue weighted by Crippen LogP contribution is 2.55. The third-order valence-electron chi connectivity index (χ3n) is 4.24. The standard InChI is InChI=1S/C17H11F9O8S3/c1-10-2-8-13(9-3-10)35(27,28)37(31,32)34-12-6-4-11(5-7-12)33-36(29,30)17(25,26)15(20,21)14(18,19)16(22,23)24/h2-9H,1H3. The molecular weight excluding hydrogens is 599 g/mol. The van der Waals surface area contributed by atoms with Gasteiger partial charge in [0.15, 0.2) is 0 Å². The first-order chi connectivity index (χ1) is 16.4. The molecule has 0 radical (unpaired) electrons. The number of hydrogen-bond acceptors (Lipinski definition) is 8. The molecule has 2 rings (SSSR count). The summed E-state index contributed by atoms with van der Waals surface area (Å²) >= 11 is 0. The van der Waals surface area contributed by atoms with Gasteiger partial charge in [-0.15, -0.1) is 0 Å². The summed E-state index contributed by atoms with van der Waals surface area (Å²) in [6.45, 7) is 1.56. The van der Waals surface area contributed by atoms with Gasteiger partial charge >= 0.3 is 51.4 Å². The van der Waals surface area contributed by atoms with E-state index in [9.17, 15) is 64.8 Å². The Balaban J connectivity index is 2.31. The quantitative estimate of drug-likeness (QED) is 0.235. The Bertz CT molecular complexity index is 1470. The molecule has 0 atom stereocenters. The number of aryl methyl sites for hydroxylation is 1. The van der Waals surface area contributed by atoms with Gasteiger partial charge in [0.2, 0.25) is 0 Å². The van der Waals surface area contributed by atoms with Crippen molar-refractivity contribution in [2.75, 3.05) is 0 Å². The van der Waals surface area contributed by atoms with E-state index in [4.69, 9.17) is 0 Å². The maximum Gasteiger partial charge on any atom is 0.460 e. The zero-order valence-electron chi connectivity index (χ0n) is 17.5. The highest BCUT2D eigenvalue weighted by Gasteiger charge is 2.86. The van der Waals surface area contributed by atoms with Crippen molar-refractivity contribution in [2.24, 2.45) is 0 Å². The van der Waals surface area contributed by atoms with Crippen molar-refractivity contribution < 1.29 is 73.1 Å². The summed E-state index contributed by atoms with van der Waals surface area (Å²) in [6, 6.07) is 5.52. The van der Waals surface area contributed by atoms with Gasteiger partial charge in [-0.2, -0.15) is 56.3 Å². The van der Waals surface area contributed by atoms with Gasteiger partial charge in [-0.3, -0.25) is 0 Å². The molecule has 0 fully saturated rings. The van der Waals surface area contributed by atoms with E-state index < -0.39 is 67.8 Å². The molecular formula is C17H11F9O8S3. The van der Waals surface area contributed by atoms with Crippen molar-refractivity contribution in [3.05, 3.63) is 54.1 Å². The lowest BCUT2D eigenvalue weighted by atomic mass is 10.1. The Morgan fingerprint density at radius 3 is 1.41 bits per heavy atom. The predicted molar refractivity (Wildman–Crippen MR) is 105 cm³/mol. The molecule has 0 saturated carbocycles. The second kappa shape index (κ2) is 9.22. The molecule has 0 unspecified atom stereocenters. The molecule has 8 nitrogen and oxygen atoms in total. The molecule has 0 aromatic heterocycles. The van der Waals surface area contributed by atoms with Gasteiger partial charge in [0.05, 0.1) is 4.90 Å². The van der Waals surface area contributed by atoms with Crippen LogP contribution in [0.3, 0.4) is 0 Å². The fourth-order valence-electron chi connectivity index (χ4n) is 2.23. The Hall–Kier alpha value is -2.74. The predicted octanol–water partition coefficient (Wildman–Crippen LogP) is 4.23. The Morgan fingerprint density at radius 1 is 0.595 bits per heavy atom. The van der Waals surface area contributed by atoms with Gasteiger partial charge in [0.25, 0.3) is 0 Å². The van der Waals surface area contributed by atoms with E-state index in [1.54, 1.807) is 6.92 Å². The van der Waals surface area contributed by atoms with E-state index in [-0.39, 0.29) is 12.1 Å². The fourth-order valence-corrected chi connectivity index (χ4v) is 5.83. The molecule has 0 heterocycles. The lowest BCUT2D eigenvalue weighted by Crippen LogP contribution is -2.63. The van der Waals surface area contributed by atoms with Crippen LogP contribution in [0.2, 0.25) is 0 Å². The van der Waals surface area contributed by atoms with Crippen LogP contribution in [0.5, 0.6) is 11.5 Å². The minimum Gasteiger partial charge on any atom is -0.378 e. The monoisotopic (exact) mass is 610 g/mol. The summed E-state index contributed by atoms with van der Waals surface area (Å²) in [5.74, 6) is -17.4. The van der Waals surface area contributed by atoms with Crippen molar-refractivity contribution in [1.29, 1.82) is 0 Å². The van der Waals surface area contributed by atoms with Crippen molar-refractivity contribution in [2.45, 2.75) is 35.1 Å². The fraction of sp³-hybridized carbons (Fsp3) is 0.294. The zero-order chi connectivity index (χ0) is 28.9. The summed E-state index contributed by atoms with van der Waals surface area (Å²) < 4.78 is 196. The largest absolute Gasteiger partial charge is 0.460 e. The van der Waals surface area contributed by atoms with E-state index >= 15 is 0 Å². The molecule has 2 aromatic rings. The molecule has 0 aliphatic carbocycles. The Kier molecular flexibility index (Phi) is 7.60. The number of hydrogen-bond donors (Lipinski definition) is 0. The van der Waals surface area contributed by atoms with Crippen LogP contribution in [0.25, 0.3) is 0 Å². The topological polar surface area (TPSA) is 121 Å². The average molecular weight is 610 g/mol. The summed E-state index contributed by atoms with van der Waals surface area (Å²) in [5, 5.41) is -7.13. The van der Waals surface area contributed by atoms with Gasteiger partial charge in [-0.05, 0) is 43.3 Å². The van der Waals surface area contributed by atoms with Crippen molar-refractivity contribution in [3.63, 3.8) is 0 Å². The molecule has 0 saturated heterocycles. The Morgan fingerprint density at radius 2 is 1.00 bits per heavy atom. The molecule has 0 aliphatic heterocycles. The maximum atomic E-state index is 13.7. The maximum absolute atomic E-state index is 13.7. The van der Waals surface area contributed by atoms with Crippen LogP contribution in [0.15, 0.2) is 53.4 Å². The first-order valence-electron chi connectivity index (χ1n) is 8.91. The van der Waals surface area contributed by atoms with E-state index in [0.717, 1.165) is 12.1 Å². The third kappa shape index (κ3) is 5.31. The van der Waals surface area contributed by atoms with E-state index in [1.807, 2.05) is 0 Å². The van der Waals surface area contributed by atoms with Crippen LogP contribution in [0.4, 0.5) is 39.5 Å². The first kappa shape index (κ1) is 30.5. The molecule has 20 heteroatoms. The number of halogens is 9. The van der Waals surface area contributed by atoms with Crippen LogP contribution in [0.1, 0.15) is 5.56 Å². The lowest BCUT2D eigenvalue weighted by molar-refractivity contribution is -0.382. The van der Waals surface area contributed by atoms with Gasteiger partial charge < -0.3 is 8.37 Å². The van der Waals surface area contributed by atoms with E-state index in [0.29, 0.717) is 17.7 Å². The van der Waals surface area contributed by atoms with E-state index in [2.05, 4.69) is 8.37 Å². The van der Waals surface area contributed by atoms with Crippen molar-refractivity contribution in [1.82, 2.24) is 0 Å². The molecule has 37 heavy (non-hydrogen) atoms. The van der Waals surface area contributed by atoms with Crippen LogP contribution in [0, 0.1) is 6.92 Å². The second-order valence-corrected chi connectivity index (χ2v) is 13.4. The van der Waals surface area contributed by atoms with Crippen LogP contribution >= 0.6 is 0 Å². The molecule has 0 bridgehead atoms. The number of rotatable bonds is 9. The second-order valence-electron chi connectivity index (χ2n) is 6.93. The molecule has 208 valence electrons. The first-order valence-corrected chi connectivity index (χ1v) is 13.7. The van der Waals surface area contributed by atoms with Crippen LogP contribution < -0.4 is 8.37 Å². The number of alkyl halides is 9. The van der Waals surface area contributed by atoms with Gasteiger partial charge in [-0.1, -0.05) is 17.7 Å². The van der Waals surface area contributed by atoms with Crippen molar-refractivity contribution >= 4 is 28.1 Å². The average Bonchev–Trinajstić information content (AvgIpc) is 2.73. The smallest absolute Gasteiger partial charge is 0.378 e. The SMILES string of the molecule is Cc1ccc(S(=O)(=O)S(=O)(=O)Oc2ccc(OS(=O)(=O)C(F)(F)C(F)(F)C(F)(F)C(F)(F)F)cc2)cc1. The lowest BCUT2D eigenvalue weighted by Gasteiger charge is -2.32. The minimum absolute atomic E-state index is 0.219. The molecule has 2 aromatic carbocycles. The van der Waals surface area contributed by atoms with Gasteiger partial charge in [0.1, 0.15) is 11.5 Å². The molecule has 0 amide bonds. The van der Waals surface area contributed by atoms with Gasteiger partial charge in [0, 0.05) is 0 Å². The summed E-state index contributed by atoms with van der Waals surface area (Å²) in [4.78, 5) is -0.719. The summed E-state index contributed by atoms with van der Waals surface area (Å²) in [6.07, 6.45) is -7.28. The summed E-state index contributed by atoms with van der Waals surface area (Å²) in [5.41, 5.74) is 0.563. The molecule has 0 N–H and O–H groups in total. The Labute approximate surface area is 202 Å². The third-order valence-corrected chi connectivity index (χ3v) is 9.71. The highest BCUT2D eigenvalue weighted by atomic mass is 33.2. The van der Waals surface area contributed by atoms with Crippen LogP contribution in [-0.4, -0.2) is 48.5 Å². The molecule has 0 aliphatic rings. The molecule has 0 spiro atoms. The highest BCUT2D eigenvalue weighted by molar-refractivity contribution is 8.65.